The predicted octanol–water partition coefficient (Wildman–Crippen LogP) is 6.91. The van der Waals surface area contributed by atoms with Gasteiger partial charge in [0.1, 0.15) is 6.10 Å². The first-order valence-electron chi connectivity index (χ1n) is 11.3. The summed E-state index contributed by atoms with van der Waals surface area (Å²) in [6.45, 7) is 16.6. The summed E-state index contributed by atoms with van der Waals surface area (Å²) < 4.78 is 12.3. The van der Waals surface area contributed by atoms with E-state index in [1.807, 2.05) is 45.1 Å². The van der Waals surface area contributed by atoms with Gasteiger partial charge in [-0.2, -0.15) is 0 Å². The lowest BCUT2D eigenvalue weighted by molar-refractivity contribution is -0.114. The average Bonchev–Trinajstić information content (AvgIpc) is 2.63. The van der Waals surface area contributed by atoms with Crippen LogP contribution >= 0.6 is 11.6 Å². The van der Waals surface area contributed by atoms with Crippen LogP contribution in [-0.2, 0) is 20.4 Å². The number of cyclic esters (lactones) is 1. The SMILES string of the molecule is Cc1cc(C)c2c(c1Cl)CC(=O)/C=C/C[C@H](O[Si](C)(C)C(C)(C)C)/C=C/C[C@@H](C)OC2=O. The number of ether oxygens (including phenoxy) is 1. The van der Waals surface area contributed by atoms with E-state index in [0.29, 0.717) is 29.0 Å². The quantitative estimate of drug-likeness (QED) is 0.264. The lowest BCUT2D eigenvalue weighted by Crippen LogP contribution is -2.43. The van der Waals surface area contributed by atoms with Crippen LogP contribution in [0.2, 0.25) is 23.2 Å². The van der Waals surface area contributed by atoms with Crippen molar-refractivity contribution in [2.75, 3.05) is 0 Å². The van der Waals surface area contributed by atoms with E-state index in [4.69, 9.17) is 20.8 Å². The first-order chi connectivity index (χ1) is 14.7. The third-order valence-corrected chi connectivity index (χ3v) is 11.4. The zero-order valence-corrected chi connectivity index (χ0v) is 22.4. The fraction of sp³-hybridized carbons (Fsp3) is 0.538. The topological polar surface area (TPSA) is 52.6 Å². The molecule has 6 heteroatoms. The minimum Gasteiger partial charge on any atom is -0.459 e. The van der Waals surface area contributed by atoms with Crippen LogP contribution in [0, 0.1) is 13.8 Å². The zero-order chi connectivity index (χ0) is 24.3. The molecule has 0 saturated carbocycles. The Bertz CT molecular complexity index is 925. The first kappa shape index (κ1) is 26.6. The molecule has 2 rings (SSSR count). The van der Waals surface area contributed by atoms with Gasteiger partial charge in [0, 0.05) is 17.9 Å². The molecule has 4 nitrogen and oxygen atoms in total. The normalized spacial score (nSPS) is 23.2. The van der Waals surface area contributed by atoms with Gasteiger partial charge in [0.15, 0.2) is 14.1 Å². The van der Waals surface area contributed by atoms with Crippen LogP contribution in [0.3, 0.4) is 0 Å². The molecule has 1 aliphatic heterocycles. The summed E-state index contributed by atoms with van der Waals surface area (Å²) in [5.74, 6) is -0.547. The van der Waals surface area contributed by atoms with Gasteiger partial charge in [-0.25, -0.2) is 4.79 Å². The van der Waals surface area contributed by atoms with Crippen molar-refractivity contribution in [1.82, 2.24) is 0 Å². The van der Waals surface area contributed by atoms with Crippen LogP contribution in [-0.4, -0.2) is 32.3 Å². The van der Waals surface area contributed by atoms with Crippen molar-refractivity contribution in [3.05, 3.63) is 57.6 Å². The Morgan fingerprint density at radius 2 is 1.75 bits per heavy atom. The van der Waals surface area contributed by atoms with Crippen molar-refractivity contribution in [3.8, 4) is 0 Å². The summed E-state index contributed by atoms with van der Waals surface area (Å²) in [6, 6.07) is 1.86. The van der Waals surface area contributed by atoms with E-state index in [1.54, 1.807) is 6.08 Å². The third kappa shape index (κ3) is 6.66. The lowest BCUT2D eigenvalue weighted by atomic mass is 9.94. The van der Waals surface area contributed by atoms with E-state index in [9.17, 15) is 9.59 Å². The van der Waals surface area contributed by atoms with E-state index >= 15 is 0 Å². The molecule has 0 N–H and O–H groups in total. The van der Waals surface area contributed by atoms with Gasteiger partial charge in [-0.3, -0.25) is 4.79 Å². The number of rotatable bonds is 2. The van der Waals surface area contributed by atoms with Crippen LogP contribution in [0.1, 0.15) is 67.6 Å². The number of fused-ring (bicyclic) bond motifs is 1. The molecule has 0 aliphatic carbocycles. The molecule has 1 aliphatic rings. The van der Waals surface area contributed by atoms with Crippen molar-refractivity contribution >= 4 is 31.7 Å². The number of esters is 1. The van der Waals surface area contributed by atoms with Crippen LogP contribution < -0.4 is 0 Å². The van der Waals surface area contributed by atoms with Gasteiger partial charge in [-0.15, -0.1) is 0 Å². The molecule has 0 bridgehead atoms. The Hall–Kier alpha value is -1.69. The Morgan fingerprint density at radius 3 is 2.38 bits per heavy atom. The van der Waals surface area contributed by atoms with Gasteiger partial charge in [-0.05, 0) is 68.1 Å². The van der Waals surface area contributed by atoms with E-state index in [0.717, 1.165) is 11.1 Å². The van der Waals surface area contributed by atoms with Crippen LogP contribution in [0.25, 0.3) is 0 Å². The number of allylic oxidation sites excluding steroid dienone is 1. The number of hydrogen-bond acceptors (Lipinski definition) is 4. The second-order valence-electron chi connectivity index (χ2n) is 10.3. The van der Waals surface area contributed by atoms with Crippen molar-refractivity contribution < 1.29 is 18.8 Å². The molecule has 0 aromatic heterocycles. The summed E-state index contributed by atoms with van der Waals surface area (Å²) >= 11 is 6.53. The number of benzene rings is 1. The molecule has 2 atom stereocenters. The molecular weight excluding hydrogens is 440 g/mol. The highest BCUT2D eigenvalue weighted by atomic mass is 35.5. The molecule has 32 heavy (non-hydrogen) atoms. The number of hydrogen-bond donors (Lipinski definition) is 0. The fourth-order valence-electron chi connectivity index (χ4n) is 3.50. The second-order valence-corrected chi connectivity index (χ2v) is 15.4. The van der Waals surface area contributed by atoms with Crippen molar-refractivity contribution in [3.63, 3.8) is 0 Å². The number of carbonyl (C=O) groups is 2. The molecule has 0 amide bonds. The Kier molecular flexibility index (Phi) is 8.71. The summed E-state index contributed by atoms with van der Waals surface area (Å²) in [7, 11) is -1.99. The minimum atomic E-state index is -1.99. The van der Waals surface area contributed by atoms with Crippen molar-refractivity contribution in [1.29, 1.82) is 0 Å². The lowest BCUT2D eigenvalue weighted by Gasteiger charge is -2.38. The Morgan fingerprint density at radius 1 is 1.09 bits per heavy atom. The maximum Gasteiger partial charge on any atom is 0.339 e. The maximum atomic E-state index is 13.0. The third-order valence-electron chi connectivity index (χ3n) is 6.35. The van der Waals surface area contributed by atoms with E-state index in [1.165, 1.54) is 0 Å². The molecule has 0 spiro atoms. The fourth-order valence-corrected chi connectivity index (χ4v) is 5.00. The summed E-state index contributed by atoms with van der Waals surface area (Å²) in [4.78, 5) is 25.8. The molecule has 0 unspecified atom stereocenters. The van der Waals surface area contributed by atoms with Gasteiger partial charge in [0.25, 0.3) is 0 Å². The Labute approximate surface area is 199 Å². The van der Waals surface area contributed by atoms with Crippen LogP contribution in [0.5, 0.6) is 0 Å². The van der Waals surface area contributed by atoms with E-state index in [-0.39, 0.29) is 29.5 Å². The summed E-state index contributed by atoms with van der Waals surface area (Å²) in [6.07, 6.45) is 8.29. The van der Waals surface area contributed by atoms with Gasteiger partial charge in [0.05, 0.1) is 11.7 Å². The highest BCUT2D eigenvalue weighted by Crippen LogP contribution is 2.38. The van der Waals surface area contributed by atoms with E-state index in [2.05, 4.69) is 33.9 Å². The molecule has 1 heterocycles. The number of aryl methyl sites for hydroxylation is 2. The Balaban J connectivity index is 2.40. The maximum absolute atomic E-state index is 13.0. The zero-order valence-electron chi connectivity index (χ0n) is 20.7. The highest BCUT2D eigenvalue weighted by Gasteiger charge is 2.38. The van der Waals surface area contributed by atoms with Gasteiger partial charge in [0.2, 0.25) is 0 Å². The van der Waals surface area contributed by atoms with Crippen molar-refractivity contribution in [2.24, 2.45) is 0 Å². The standard InChI is InChI=1S/C26H37ClO4Si/c1-17-15-18(2)24(27)22-16-20(28)12-10-14-21(31-32(7,8)26(4,5)6)13-9-11-19(3)30-25(29)23(17)22/h9-10,12-13,15,19,21H,11,14,16H2,1-8H3/b12-10+,13-9+/t19-,21-/m1/s1. The van der Waals surface area contributed by atoms with E-state index < -0.39 is 14.3 Å². The summed E-state index contributed by atoms with van der Waals surface area (Å²) in [5.41, 5.74) is 2.54. The molecule has 0 fully saturated rings. The predicted molar refractivity (Wildman–Crippen MR) is 134 cm³/mol. The number of halogens is 1. The summed E-state index contributed by atoms with van der Waals surface area (Å²) in [5, 5.41) is 0.529. The van der Waals surface area contributed by atoms with Crippen LogP contribution in [0.4, 0.5) is 0 Å². The second kappa shape index (κ2) is 10.5. The first-order valence-corrected chi connectivity index (χ1v) is 14.5. The smallest absolute Gasteiger partial charge is 0.339 e. The van der Waals surface area contributed by atoms with Crippen LogP contribution in [0.15, 0.2) is 30.4 Å². The van der Waals surface area contributed by atoms with Gasteiger partial charge < -0.3 is 9.16 Å². The molecule has 1 aromatic rings. The monoisotopic (exact) mass is 476 g/mol. The van der Waals surface area contributed by atoms with Gasteiger partial charge in [-0.1, -0.05) is 56.7 Å². The number of carbonyl (C=O) groups excluding carboxylic acids is 2. The van der Waals surface area contributed by atoms with Gasteiger partial charge >= 0.3 is 5.97 Å². The molecule has 0 saturated heterocycles. The van der Waals surface area contributed by atoms with Crippen molar-refractivity contribution in [2.45, 2.75) is 91.1 Å². The average molecular weight is 477 g/mol. The molecule has 1 aromatic carbocycles. The minimum absolute atomic E-state index is 0.0558. The largest absolute Gasteiger partial charge is 0.459 e. The number of ketones is 1. The molecular formula is C26H37ClO4Si. The molecule has 176 valence electrons. The highest BCUT2D eigenvalue weighted by molar-refractivity contribution is 6.74. The molecule has 0 radical (unpaired) electrons.